The van der Waals surface area contributed by atoms with E-state index in [0.29, 0.717) is 13.2 Å². The molecule has 0 aliphatic carbocycles. The fraction of sp³-hybridized carbons (Fsp3) is 0.615. The fourth-order valence-electron chi connectivity index (χ4n) is 2.51. The number of nitrogen functional groups attached to an aromatic ring is 1. The Hall–Kier alpha value is -1.73. The van der Waals surface area contributed by atoms with Gasteiger partial charge < -0.3 is 21.1 Å². The molecule has 2 rings (SSSR count). The molecule has 0 saturated carbocycles. The number of carbonyl (C=O) groups excluding carboxylic acids is 1. The van der Waals surface area contributed by atoms with Crippen molar-refractivity contribution in [1.29, 1.82) is 0 Å². The third kappa shape index (κ3) is 3.43. The van der Waals surface area contributed by atoms with Gasteiger partial charge in [0.25, 0.3) is 5.91 Å². The summed E-state index contributed by atoms with van der Waals surface area (Å²) in [5.74, 6) is -0.138. The molecule has 1 aromatic heterocycles. The molecular weight excluding hydrogens is 258 g/mol. The Balaban J connectivity index is 1.99. The Bertz CT molecular complexity index is 454. The maximum atomic E-state index is 12.1. The number of ether oxygens (including phenoxy) is 1. The van der Waals surface area contributed by atoms with E-state index in [9.17, 15) is 4.79 Å². The number of rotatable bonds is 5. The molecule has 4 N–H and O–H groups in total. The molecule has 1 aliphatic heterocycles. The molecule has 20 heavy (non-hydrogen) atoms. The maximum absolute atomic E-state index is 12.1. The molecule has 7 heteroatoms. The molecule has 1 saturated heterocycles. The molecule has 0 unspecified atom stereocenters. The molecular formula is C13H21N5O2. The van der Waals surface area contributed by atoms with Crippen LogP contribution >= 0.6 is 0 Å². The Morgan fingerprint density at radius 1 is 1.45 bits per heavy atom. The number of nitrogens with zero attached hydrogens (tertiary/aromatic N) is 2. The number of hydrogen-bond acceptors (Lipinski definition) is 6. The van der Waals surface area contributed by atoms with Gasteiger partial charge in [0, 0.05) is 31.5 Å². The molecule has 0 bridgehead atoms. The highest BCUT2D eigenvalue weighted by Crippen LogP contribution is 2.28. The summed E-state index contributed by atoms with van der Waals surface area (Å²) < 4.78 is 5.31. The van der Waals surface area contributed by atoms with Gasteiger partial charge in [0.15, 0.2) is 11.5 Å². The van der Waals surface area contributed by atoms with Crippen LogP contribution in [-0.2, 0) is 4.74 Å². The van der Waals surface area contributed by atoms with Gasteiger partial charge in [0.05, 0.1) is 6.61 Å². The zero-order valence-electron chi connectivity index (χ0n) is 11.7. The lowest BCUT2D eigenvalue weighted by Crippen LogP contribution is -2.47. The van der Waals surface area contributed by atoms with Crippen LogP contribution in [0.25, 0.3) is 0 Å². The topological polar surface area (TPSA) is 102 Å². The molecule has 1 aliphatic rings. The van der Waals surface area contributed by atoms with E-state index >= 15 is 0 Å². The van der Waals surface area contributed by atoms with Gasteiger partial charge in [-0.2, -0.15) is 0 Å². The Labute approximate surface area is 118 Å². The molecule has 110 valence electrons. The van der Waals surface area contributed by atoms with Crippen molar-refractivity contribution in [3.63, 3.8) is 0 Å². The van der Waals surface area contributed by atoms with Crippen molar-refractivity contribution in [2.45, 2.75) is 12.8 Å². The SMILES string of the molecule is COCC1(CNC(=O)c2nccnc2N)CCNCC1. The smallest absolute Gasteiger partial charge is 0.273 e. The van der Waals surface area contributed by atoms with Gasteiger partial charge in [0.2, 0.25) is 0 Å². The largest absolute Gasteiger partial charge is 0.384 e. The zero-order valence-corrected chi connectivity index (χ0v) is 11.7. The van der Waals surface area contributed by atoms with Gasteiger partial charge in [0.1, 0.15) is 0 Å². The van der Waals surface area contributed by atoms with Gasteiger partial charge in [-0.3, -0.25) is 4.79 Å². The fourth-order valence-corrected chi connectivity index (χ4v) is 2.51. The van der Waals surface area contributed by atoms with E-state index in [0.717, 1.165) is 25.9 Å². The van der Waals surface area contributed by atoms with Crippen LogP contribution in [0, 0.1) is 5.41 Å². The normalized spacial score (nSPS) is 17.6. The van der Waals surface area contributed by atoms with Crippen LogP contribution in [0.4, 0.5) is 5.82 Å². The quantitative estimate of drug-likeness (QED) is 0.690. The summed E-state index contributed by atoms with van der Waals surface area (Å²) in [5, 5.41) is 6.22. The lowest BCUT2D eigenvalue weighted by atomic mass is 9.79. The van der Waals surface area contributed by atoms with E-state index in [4.69, 9.17) is 10.5 Å². The van der Waals surface area contributed by atoms with Gasteiger partial charge in [-0.05, 0) is 25.9 Å². The third-order valence-corrected chi connectivity index (χ3v) is 3.68. The maximum Gasteiger partial charge on any atom is 0.273 e. The van der Waals surface area contributed by atoms with Crippen LogP contribution in [0.5, 0.6) is 0 Å². The second-order valence-electron chi connectivity index (χ2n) is 5.16. The predicted molar refractivity (Wildman–Crippen MR) is 75.2 cm³/mol. The summed E-state index contributed by atoms with van der Waals surface area (Å²) in [7, 11) is 1.69. The van der Waals surface area contributed by atoms with E-state index in [1.807, 2.05) is 0 Å². The highest BCUT2D eigenvalue weighted by atomic mass is 16.5. The lowest BCUT2D eigenvalue weighted by Gasteiger charge is -2.37. The third-order valence-electron chi connectivity index (χ3n) is 3.68. The number of nitrogens with two attached hydrogens (primary N) is 1. The number of nitrogens with one attached hydrogen (secondary N) is 2. The average molecular weight is 279 g/mol. The first-order valence-corrected chi connectivity index (χ1v) is 6.71. The first-order chi connectivity index (χ1) is 9.67. The number of hydrogen-bond donors (Lipinski definition) is 3. The van der Waals surface area contributed by atoms with E-state index in [1.165, 1.54) is 12.4 Å². The van der Waals surface area contributed by atoms with E-state index < -0.39 is 0 Å². The minimum atomic E-state index is -0.287. The molecule has 0 aromatic carbocycles. The molecule has 0 spiro atoms. The number of methoxy groups -OCH3 is 1. The first kappa shape index (κ1) is 14.7. The average Bonchev–Trinajstić information content (AvgIpc) is 2.47. The van der Waals surface area contributed by atoms with E-state index in [-0.39, 0.29) is 22.8 Å². The summed E-state index contributed by atoms with van der Waals surface area (Å²) in [4.78, 5) is 19.9. The molecule has 1 amide bonds. The molecule has 1 aromatic rings. The van der Waals surface area contributed by atoms with Crippen molar-refractivity contribution < 1.29 is 9.53 Å². The van der Waals surface area contributed by atoms with Crippen molar-refractivity contribution in [3.05, 3.63) is 18.1 Å². The second kappa shape index (κ2) is 6.62. The predicted octanol–water partition coefficient (Wildman–Crippen LogP) is -0.195. The first-order valence-electron chi connectivity index (χ1n) is 6.71. The Kier molecular flexibility index (Phi) is 4.86. The zero-order chi connectivity index (χ0) is 14.4. The summed E-state index contributed by atoms with van der Waals surface area (Å²) in [6.07, 6.45) is 4.86. The van der Waals surface area contributed by atoms with Crippen molar-refractivity contribution >= 4 is 11.7 Å². The van der Waals surface area contributed by atoms with E-state index in [2.05, 4.69) is 20.6 Å². The summed E-state index contributed by atoms with van der Waals surface area (Å²) in [6, 6.07) is 0. The van der Waals surface area contributed by atoms with Gasteiger partial charge in [-0.25, -0.2) is 9.97 Å². The van der Waals surface area contributed by atoms with Crippen LogP contribution < -0.4 is 16.4 Å². The van der Waals surface area contributed by atoms with Crippen molar-refractivity contribution in [3.8, 4) is 0 Å². The summed E-state index contributed by atoms with van der Waals surface area (Å²) in [5.41, 5.74) is 5.81. The highest BCUT2D eigenvalue weighted by molar-refractivity contribution is 5.96. The number of carbonyl (C=O) groups is 1. The molecule has 0 radical (unpaired) electrons. The van der Waals surface area contributed by atoms with Gasteiger partial charge in [-0.1, -0.05) is 0 Å². The lowest BCUT2D eigenvalue weighted by molar-refractivity contribution is 0.0511. The van der Waals surface area contributed by atoms with Crippen molar-refractivity contribution in [2.75, 3.05) is 39.1 Å². The molecule has 0 atom stereocenters. The standard InChI is InChI=1S/C13H21N5O2/c1-20-9-13(2-4-15-5-3-13)8-18-12(19)10-11(14)17-7-6-16-10/h6-7,15H,2-5,8-9H2,1H3,(H2,14,17)(H,18,19). The summed E-state index contributed by atoms with van der Waals surface area (Å²) in [6.45, 7) is 3.06. The van der Waals surface area contributed by atoms with Crippen LogP contribution in [0.2, 0.25) is 0 Å². The number of aromatic nitrogens is 2. The monoisotopic (exact) mass is 279 g/mol. The van der Waals surface area contributed by atoms with Crippen molar-refractivity contribution in [2.24, 2.45) is 5.41 Å². The van der Waals surface area contributed by atoms with Crippen LogP contribution in [-0.4, -0.2) is 49.2 Å². The van der Waals surface area contributed by atoms with Crippen LogP contribution in [0.15, 0.2) is 12.4 Å². The van der Waals surface area contributed by atoms with Crippen molar-refractivity contribution in [1.82, 2.24) is 20.6 Å². The molecule has 1 fully saturated rings. The van der Waals surface area contributed by atoms with Gasteiger partial charge in [-0.15, -0.1) is 0 Å². The van der Waals surface area contributed by atoms with E-state index in [1.54, 1.807) is 7.11 Å². The Morgan fingerprint density at radius 2 is 2.15 bits per heavy atom. The molecule has 2 heterocycles. The Morgan fingerprint density at radius 3 is 2.80 bits per heavy atom. The van der Waals surface area contributed by atoms with Gasteiger partial charge >= 0.3 is 0 Å². The van der Waals surface area contributed by atoms with Crippen LogP contribution in [0.1, 0.15) is 23.3 Å². The number of piperidine rings is 1. The summed E-state index contributed by atoms with van der Waals surface area (Å²) >= 11 is 0. The minimum absolute atomic E-state index is 0.0212. The second-order valence-corrected chi connectivity index (χ2v) is 5.16. The minimum Gasteiger partial charge on any atom is -0.384 e. The van der Waals surface area contributed by atoms with Crippen LogP contribution in [0.3, 0.4) is 0 Å². The molecule has 7 nitrogen and oxygen atoms in total. The number of amides is 1. The highest BCUT2D eigenvalue weighted by Gasteiger charge is 2.32. The number of anilines is 1.